The SMILES string of the molecule is COc1ccc(OC)c(NS(=O)(=O)c2ccc(NC(=O)c3ccc(C)cc3)cc2)c1. The number of amides is 1. The number of anilines is 2. The third-order valence-electron chi connectivity index (χ3n) is 4.39. The first-order valence-corrected chi connectivity index (χ1v) is 10.5. The van der Waals surface area contributed by atoms with Gasteiger partial charge in [-0.2, -0.15) is 0 Å². The van der Waals surface area contributed by atoms with Crippen LogP contribution in [0.5, 0.6) is 11.5 Å². The predicted octanol–water partition coefficient (Wildman–Crippen LogP) is 4.07. The second kappa shape index (κ2) is 8.87. The van der Waals surface area contributed by atoms with Crippen molar-refractivity contribution in [1.29, 1.82) is 0 Å². The molecule has 2 N–H and O–H groups in total. The average Bonchev–Trinajstić information content (AvgIpc) is 2.74. The molecule has 0 aromatic heterocycles. The smallest absolute Gasteiger partial charge is 0.262 e. The molecule has 3 aromatic rings. The molecule has 3 aromatic carbocycles. The molecule has 156 valence electrons. The molecule has 0 spiro atoms. The van der Waals surface area contributed by atoms with E-state index in [1.54, 1.807) is 24.3 Å². The molecule has 1 amide bonds. The Kier molecular flexibility index (Phi) is 6.27. The highest BCUT2D eigenvalue weighted by Crippen LogP contribution is 2.31. The Labute approximate surface area is 175 Å². The largest absolute Gasteiger partial charge is 0.497 e. The lowest BCUT2D eigenvalue weighted by Gasteiger charge is -2.13. The van der Waals surface area contributed by atoms with Gasteiger partial charge in [0.05, 0.1) is 24.8 Å². The molecule has 0 saturated carbocycles. The number of benzene rings is 3. The monoisotopic (exact) mass is 426 g/mol. The standard InChI is InChI=1S/C22H22N2O5S/c1-15-4-6-16(7-5-15)22(25)23-17-8-11-19(12-9-17)30(26,27)24-20-14-18(28-2)10-13-21(20)29-3/h4-14,24H,1-3H3,(H,23,25). The van der Waals surface area contributed by atoms with Crippen molar-refractivity contribution >= 4 is 27.3 Å². The zero-order valence-corrected chi connectivity index (χ0v) is 17.6. The van der Waals surface area contributed by atoms with E-state index in [-0.39, 0.29) is 16.5 Å². The number of nitrogens with one attached hydrogen (secondary N) is 2. The van der Waals surface area contributed by atoms with E-state index >= 15 is 0 Å². The first kappa shape index (κ1) is 21.2. The molecule has 8 heteroatoms. The van der Waals surface area contributed by atoms with E-state index in [4.69, 9.17) is 9.47 Å². The fourth-order valence-corrected chi connectivity index (χ4v) is 3.78. The van der Waals surface area contributed by atoms with Crippen molar-refractivity contribution in [2.45, 2.75) is 11.8 Å². The lowest BCUT2D eigenvalue weighted by molar-refractivity contribution is 0.102. The van der Waals surface area contributed by atoms with Gasteiger partial charge in [-0.25, -0.2) is 8.42 Å². The summed E-state index contributed by atoms with van der Waals surface area (Å²) in [4.78, 5) is 12.4. The summed E-state index contributed by atoms with van der Waals surface area (Å²) in [5.41, 5.74) is 2.32. The van der Waals surface area contributed by atoms with Crippen molar-refractivity contribution in [1.82, 2.24) is 0 Å². The van der Waals surface area contributed by atoms with Crippen molar-refractivity contribution in [2.75, 3.05) is 24.3 Å². The van der Waals surface area contributed by atoms with E-state index in [1.807, 2.05) is 19.1 Å². The summed E-state index contributed by atoms with van der Waals surface area (Å²) in [6.07, 6.45) is 0. The van der Waals surface area contributed by atoms with E-state index in [0.29, 0.717) is 22.7 Å². The number of methoxy groups -OCH3 is 2. The minimum Gasteiger partial charge on any atom is -0.497 e. The lowest BCUT2D eigenvalue weighted by atomic mass is 10.1. The Morgan fingerprint density at radius 2 is 1.53 bits per heavy atom. The summed E-state index contributed by atoms with van der Waals surface area (Å²) in [5.74, 6) is 0.578. The molecular formula is C22H22N2O5S. The first-order chi connectivity index (χ1) is 14.3. The maximum atomic E-state index is 12.8. The fraction of sp³-hybridized carbons (Fsp3) is 0.136. The van der Waals surface area contributed by atoms with Crippen LogP contribution in [0.15, 0.2) is 71.6 Å². The molecule has 0 aliphatic carbocycles. The van der Waals surface area contributed by atoms with E-state index in [2.05, 4.69) is 10.0 Å². The second-order valence-electron chi connectivity index (χ2n) is 6.52. The van der Waals surface area contributed by atoms with Gasteiger partial charge >= 0.3 is 0 Å². The summed E-state index contributed by atoms with van der Waals surface area (Å²) < 4.78 is 38.4. The zero-order chi connectivity index (χ0) is 21.7. The molecule has 0 aliphatic rings. The molecule has 0 radical (unpaired) electrons. The Bertz CT molecular complexity index is 1140. The van der Waals surface area contributed by atoms with Gasteiger partial charge in [0.25, 0.3) is 15.9 Å². The predicted molar refractivity (Wildman–Crippen MR) is 116 cm³/mol. The van der Waals surface area contributed by atoms with Crippen molar-refractivity contribution in [3.8, 4) is 11.5 Å². The highest BCUT2D eigenvalue weighted by atomic mass is 32.2. The first-order valence-electron chi connectivity index (χ1n) is 9.05. The fourth-order valence-electron chi connectivity index (χ4n) is 2.72. The van der Waals surface area contributed by atoms with Crippen LogP contribution in [0, 0.1) is 6.92 Å². The number of sulfonamides is 1. The Morgan fingerprint density at radius 1 is 0.867 bits per heavy atom. The van der Waals surface area contributed by atoms with Crippen LogP contribution in [0.3, 0.4) is 0 Å². The number of hydrogen-bond donors (Lipinski definition) is 2. The summed E-state index contributed by atoms with van der Waals surface area (Å²) in [5, 5.41) is 2.75. The molecule has 0 saturated heterocycles. The van der Waals surface area contributed by atoms with Crippen LogP contribution in [0.2, 0.25) is 0 Å². The zero-order valence-electron chi connectivity index (χ0n) is 16.8. The third-order valence-corrected chi connectivity index (χ3v) is 5.77. The van der Waals surface area contributed by atoms with Gasteiger partial charge in [-0.05, 0) is 55.5 Å². The van der Waals surface area contributed by atoms with Crippen LogP contribution < -0.4 is 19.5 Å². The molecule has 0 heterocycles. The van der Waals surface area contributed by atoms with Crippen molar-refractivity contribution in [3.63, 3.8) is 0 Å². The van der Waals surface area contributed by atoms with Crippen molar-refractivity contribution in [2.24, 2.45) is 0 Å². The highest BCUT2D eigenvalue weighted by Gasteiger charge is 2.17. The second-order valence-corrected chi connectivity index (χ2v) is 8.20. The van der Waals surface area contributed by atoms with Crippen LogP contribution in [-0.2, 0) is 10.0 Å². The molecule has 3 rings (SSSR count). The minimum absolute atomic E-state index is 0.0423. The molecule has 0 atom stereocenters. The number of rotatable bonds is 7. The van der Waals surface area contributed by atoms with Gasteiger partial charge in [-0.3, -0.25) is 9.52 Å². The molecule has 0 unspecified atom stereocenters. The number of aryl methyl sites for hydroxylation is 1. The normalized spacial score (nSPS) is 10.9. The molecule has 0 bridgehead atoms. The molecule has 0 aliphatic heterocycles. The maximum absolute atomic E-state index is 12.8. The quantitative estimate of drug-likeness (QED) is 0.594. The summed E-state index contributed by atoms with van der Waals surface area (Å²) in [7, 11) is -0.932. The highest BCUT2D eigenvalue weighted by molar-refractivity contribution is 7.92. The Balaban J connectivity index is 1.76. The van der Waals surface area contributed by atoms with Crippen LogP contribution in [0.25, 0.3) is 0 Å². The summed E-state index contributed by atoms with van der Waals surface area (Å²) in [6.45, 7) is 1.94. The van der Waals surface area contributed by atoms with Gasteiger partial charge < -0.3 is 14.8 Å². The number of carbonyl (C=O) groups is 1. The average molecular weight is 426 g/mol. The number of hydrogen-bond acceptors (Lipinski definition) is 5. The minimum atomic E-state index is -3.87. The summed E-state index contributed by atoms with van der Waals surface area (Å²) in [6, 6.07) is 17.9. The molecule has 7 nitrogen and oxygen atoms in total. The van der Waals surface area contributed by atoms with Crippen LogP contribution in [0.1, 0.15) is 15.9 Å². The van der Waals surface area contributed by atoms with Crippen molar-refractivity contribution < 1.29 is 22.7 Å². The molecule has 30 heavy (non-hydrogen) atoms. The van der Waals surface area contributed by atoms with Crippen LogP contribution in [-0.4, -0.2) is 28.5 Å². The maximum Gasteiger partial charge on any atom is 0.262 e. The summed E-state index contributed by atoms with van der Waals surface area (Å²) >= 11 is 0. The van der Waals surface area contributed by atoms with Crippen LogP contribution >= 0.6 is 0 Å². The van der Waals surface area contributed by atoms with Gasteiger partial charge in [-0.15, -0.1) is 0 Å². The van der Waals surface area contributed by atoms with Gasteiger partial charge in [0.1, 0.15) is 11.5 Å². The number of ether oxygens (including phenoxy) is 2. The topological polar surface area (TPSA) is 93.7 Å². The van der Waals surface area contributed by atoms with Gasteiger partial charge in [0.2, 0.25) is 0 Å². The number of carbonyl (C=O) groups excluding carboxylic acids is 1. The molecular weight excluding hydrogens is 404 g/mol. The van der Waals surface area contributed by atoms with Gasteiger partial charge in [0.15, 0.2) is 0 Å². The lowest BCUT2D eigenvalue weighted by Crippen LogP contribution is -2.14. The van der Waals surface area contributed by atoms with E-state index in [9.17, 15) is 13.2 Å². The third kappa shape index (κ3) is 4.90. The van der Waals surface area contributed by atoms with E-state index < -0.39 is 10.0 Å². The van der Waals surface area contributed by atoms with Gasteiger partial charge in [0, 0.05) is 17.3 Å². The van der Waals surface area contributed by atoms with Crippen molar-refractivity contribution in [3.05, 3.63) is 77.9 Å². The molecule has 0 fully saturated rings. The Morgan fingerprint density at radius 3 is 2.13 bits per heavy atom. The van der Waals surface area contributed by atoms with E-state index in [1.165, 1.54) is 44.6 Å². The Hall–Kier alpha value is -3.52. The van der Waals surface area contributed by atoms with Crippen LogP contribution in [0.4, 0.5) is 11.4 Å². The van der Waals surface area contributed by atoms with Gasteiger partial charge in [-0.1, -0.05) is 17.7 Å². The van der Waals surface area contributed by atoms with E-state index in [0.717, 1.165) is 5.56 Å².